The van der Waals surface area contributed by atoms with Crippen molar-refractivity contribution in [1.82, 2.24) is 20.4 Å². The molecule has 3 amide bonds. The third-order valence-corrected chi connectivity index (χ3v) is 9.56. The Morgan fingerprint density at radius 3 is 2.37 bits per heavy atom. The Kier molecular flexibility index (Phi) is 8.49. The maximum Gasteiger partial charge on any atom is 0.255 e. The molecule has 4 aliphatic rings. The minimum Gasteiger partial charge on any atom is -0.322 e. The molecule has 2 aromatic rings. The molecule has 1 saturated carbocycles. The summed E-state index contributed by atoms with van der Waals surface area (Å²) in [6.07, 6.45) is 10.1. The van der Waals surface area contributed by atoms with E-state index in [1.54, 1.807) is 6.07 Å². The lowest BCUT2D eigenvalue weighted by molar-refractivity contribution is -0.136. The smallest absolute Gasteiger partial charge is 0.255 e. The third-order valence-electron chi connectivity index (χ3n) is 9.56. The van der Waals surface area contributed by atoms with Crippen molar-refractivity contribution in [2.75, 3.05) is 19.6 Å². The Balaban J connectivity index is 1.03. The van der Waals surface area contributed by atoms with Gasteiger partial charge in [-0.2, -0.15) is 0 Å². The molecular weight excluding hydrogens is 519 g/mol. The summed E-state index contributed by atoms with van der Waals surface area (Å²) in [7, 11) is 0. The molecule has 0 radical (unpaired) electrons. The van der Waals surface area contributed by atoms with Crippen molar-refractivity contribution in [3.8, 4) is 0 Å². The number of carbonyl (C=O) groups is 3. The summed E-state index contributed by atoms with van der Waals surface area (Å²) in [5.41, 5.74) is 4.78. The molecule has 1 aliphatic carbocycles. The van der Waals surface area contributed by atoms with Crippen molar-refractivity contribution in [2.45, 2.75) is 95.3 Å². The zero-order valence-electron chi connectivity index (χ0n) is 23.8. The zero-order valence-corrected chi connectivity index (χ0v) is 23.8. The number of nitrogens with one attached hydrogen (secondary N) is 2. The Morgan fingerprint density at radius 1 is 0.902 bits per heavy atom. The number of likely N-dealkylation sites (tertiary alicyclic amines) is 1. The first-order valence-corrected chi connectivity index (χ1v) is 15.4. The van der Waals surface area contributed by atoms with Gasteiger partial charge in [0, 0.05) is 31.1 Å². The van der Waals surface area contributed by atoms with Crippen LogP contribution < -0.4 is 10.6 Å². The molecule has 8 heteroatoms. The predicted octanol–water partition coefficient (Wildman–Crippen LogP) is 4.43. The van der Waals surface area contributed by atoms with Crippen LogP contribution in [0, 0.1) is 5.82 Å². The topological polar surface area (TPSA) is 81.8 Å². The largest absolute Gasteiger partial charge is 0.322 e. The number of hydrogen-bond donors (Lipinski definition) is 2. The quantitative estimate of drug-likeness (QED) is 0.467. The monoisotopic (exact) mass is 560 g/mol. The van der Waals surface area contributed by atoms with E-state index in [-0.39, 0.29) is 24.2 Å². The standard InChI is InChI=1S/C33H41FN4O3/c34-25-18-27(29-21-38(33(41)28(29)19-25)30-10-11-31(39)36-32(30)40)24-13-16-37(17-14-24)20-23-8-6-22(7-9-23)12-15-35-26-4-2-1-3-5-26/h6-9,18-19,24,26,30,35H,1-5,10-17,20-21H2,(H,36,39,40). The van der Waals surface area contributed by atoms with Gasteiger partial charge in [-0.1, -0.05) is 43.5 Å². The van der Waals surface area contributed by atoms with Crippen LogP contribution in [0.5, 0.6) is 0 Å². The fourth-order valence-electron chi connectivity index (χ4n) is 7.22. The number of piperidine rings is 2. The number of hydrogen-bond acceptors (Lipinski definition) is 5. The van der Waals surface area contributed by atoms with Crippen LogP contribution in [0.15, 0.2) is 36.4 Å². The van der Waals surface area contributed by atoms with E-state index in [1.165, 1.54) is 54.2 Å². The second-order valence-electron chi connectivity index (χ2n) is 12.3. The van der Waals surface area contributed by atoms with E-state index < -0.39 is 17.8 Å². The molecule has 1 unspecified atom stereocenters. The van der Waals surface area contributed by atoms with Crippen LogP contribution in [-0.2, 0) is 29.1 Å². The second kappa shape index (κ2) is 12.4. The minimum atomic E-state index is -0.690. The summed E-state index contributed by atoms with van der Waals surface area (Å²) in [6, 6.07) is 11.9. The lowest BCUT2D eigenvalue weighted by Gasteiger charge is -2.33. The van der Waals surface area contributed by atoms with Crippen molar-refractivity contribution in [1.29, 1.82) is 0 Å². The Morgan fingerprint density at radius 2 is 1.63 bits per heavy atom. The van der Waals surface area contributed by atoms with Crippen LogP contribution in [0.2, 0.25) is 0 Å². The molecule has 1 atom stereocenters. The molecule has 0 bridgehead atoms. The predicted molar refractivity (Wildman–Crippen MR) is 155 cm³/mol. The molecule has 41 heavy (non-hydrogen) atoms. The maximum absolute atomic E-state index is 14.7. The van der Waals surface area contributed by atoms with E-state index in [0.717, 1.165) is 56.6 Å². The van der Waals surface area contributed by atoms with Gasteiger partial charge in [0.05, 0.1) is 0 Å². The second-order valence-corrected chi connectivity index (χ2v) is 12.3. The van der Waals surface area contributed by atoms with Crippen molar-refractivity contribution in [2.24, 2.45) is 0 Å². The van der Waals surface area contributed by atoms with Gasteiger partial charge >= 0.3 is 0 Å². The van der Waals surface area contributed by atoms with Crippen LogP contribution in [0.25, 0.3) is 0 Å². The minimum absolute atomic E-state index is 0.171. The summed E-state index contributed by atoms with van der Waals surface area (Å²) in [5.74, 6) is -1.31. The van der Waals surface area contributed by atoms with E-state index in [0.29, 0.717) is 24.6 Å². The highest BCUT2D eigenvalue weighted by Crippen LogP contribution is 2.38. The van der Waals surface area contributed by atoms with Crippen molar-refractivity contribution in [3.05, 3.63) is 70.0 Å². The lowest BCUT2D eigenvalue weighted by Crippen LogP contribution is -2.52. The normalized spacial score (nSPS) is 22.7. The van der Waals surface area contributed by atoms with Gasteiger partial charge in [-0.05, 0) is 98.5 Å². The first-order chi connectivity index (χ1) is 19.9. The number of benzene rings is 2. The maximum atomic E-state index is 14.7. The van der Waals surface area contributed by atoms with E-state index >= 15 is 0 Å². The van der Waals surface area contributed by atoms with Crippen molar-refractivity contribution >= 4 is 17.7 Å². The van der Waals surface area contributed by atoms with Crippen LogP contribution in [0.3, 0.4) is 0 Å². The van der Waals surface area contributed by atoms with Gasteiger partial charge in [-0.3, -0.25) is 24.6 Å². The van der Waals surface area contributed by atoms with Gasteiger partial charge in [0.1, 0.15) is 11.9 Å². The summed E-state index contributed by atoms with van der Waals surface area (Å²) in [5, 5.41) is 6.07. The summed E-state index contributed by atoms with van der Waals surface area (Å²) in [6.45, 7) is 4.05. The van der Waals surface area contributed by atoms with E-state index in [9.17, 15) is 18.8 Å². The van der Waals surface area contributed by atoms with Crippen LogP contribution in [0.1, 0.15) is 96.3 Å². The first kappa shape index (κ1) is 28.0. The van der Waals surface area contributed by atoms with Crippen molar-refractivity contribution < 1.29 is 18.8 Å². The number of imide groups is 1. The number of carbonyl (C=O) groups excluding carboxylic acids is 3. The molecule has 0 aromatic heterocycles. The van der Waals surface area contributed by atoms with Gasteiger partial charge in [0.2, 0.25) is 11.8 Å². The molecule has 3 aliphatic heterocycles. The van der Waals surface area contributed by atoms with Crippen LogP contribution in [0.4, 0.5) is 4.39 Å². The first-order valence-electron chi connectivity index (χ1n) is 15.4. The fourth-order valence-corrected chi connectivity index (χ4v) is 7.22. The highest BCUT2D eigenvalue weighted by molar-refractivity contribution is 6.05. The highest BCUT2D eigenvalue weighted by Gasteiger charge is 2.41. The number of amides is 3. The van der Waals surface area contributed by atoms with Gasteiger partial charge < -0.3 is 10.2 Å². The van der Waals surface area contributed by atoms with Crippen LogP contribution >= 0.6 is 0 Å². The van der Waals surface area contributed by atoms with Gasteiger partial charge in [0.15, 0.2) is 0 Å². The average molecular weight is 561 g/mol. The zero-order chi connectivity index (χ0) is 28.3. The molecule has 2 aromatic carbocycles. The molecule has 2 N–H and O–H groups in total. The van der Waals surface area contributed by atoms with E-state index in [1.807, 2.05) is 0 Å². The van der Waals surface area contributed by atoms with Gasteiger partial charge in [-0.25, -0.2) is 4.39 Å². The third kappa shape index (κ3) is 6.38. The van der Waals surface area contributed by atoms with Gasteiger partial charge in [-0.15, -0.1) is 0 Å². The molecule has 0 spiro atoms. The molecule has 3 heterocycles. The lowest BCUT2D eigenvalue weighted by atomic mass is 9.85. The number of nitrogens with zero attached hydrogens (tertiary/aromatic N) is 2. The summed E-state index contributed by atoms with van der Waals surface area (Å²) < 4.78 is 14.7. The number of halogens is 1. The Bertz CT molecular complexity index is 1280. The molecule has 218 valence electrons. The molecule has 3 fully saturated rings. The molecule has 6 rings (SSSR count). The van der Waals surface area contributed by atoms with E-state index in [4.69, 9.17) is 0 Å². The fraction of sp³-hybridized carbons (Fsp3) is 0.545. The molecular formula is C33H41FN4O3. The molecule has 7 nitrogen and oxygen atoms in total. The average Bonchev–Trinajstić information content (AvgIpc) is 3.30. The summed E-state index contributed by atoms with van der Waals surface area (Å²) >= 11 is 0. The summed E-state index contributed by atoms with van der Waals surface area (Å²) in [4.78, 5) is 41.2. The highest BCUT2D eigenvalue weighted by atomic mass is 19.1. The number of rotatable bonds is 8. The van der Waals surface area contributed by atoms with E-state index in [2.05, 4.69) is 39.8 Å². The molecule has 2 saturated heterocycles. The number of fused-ring (bicyclic) bond motifs is 1. The van der Waals surface area contributed by atoms with Gasteiger partial charge in [0.25, 0.3) is 5.91 Å². The Labute approximate surface area is 241 Å². The van der Waals surface area contributed by atoms with Crippen molar-refractivity contribution in [3.63, 3.8) is 0 Å². The SMILES string of the molecule is O=C1CCC(N2Cc3c(cc(F)cc3C3CCN(Cc4ccc(CCNC5CCCCC5)cc4)CC3)C2=O)C(=O)N1. The van der Waals surface area contributed by atoms with Crippen LogP contribution in [-0.4, -0.2) is 59.2 Å². The Hall–Kier alpha value is -3.10.